The van der Waals surface area contributed by atoms with Crippen molar-refractivity contribution in [1.82, 2.24) is 19.6 Å². The Hall–Kier alpha value is -3.81. The van der Waals surface area contributed by atoms with Crippen molar-refractivity contribution in [2.45, 2.75) is 63.2 Å². The molecule has 242 valence electrons. The molecule has 2 aliphatic rings. The molecule has 4 atom stereocenters. The summed E-state index contributed by atoms with van der Waals surface area (Å²) in [6.07, 6.45) is 3.98. The number of rotatable bonds is 10. The Labute approximate surface area is 273 Å². The molecule has 0 saturated carbocycles. The van der Waals surface area contributed by atoms with Gasteiger partial charge in [0, 0.05) is 59.7 Å². The fourth-order valence-electron chi connectivity index (χ4n) is 7.23. The molecular formula is C33H38ClN5O6Si. The van der Waals surface area contributed by atoms with Crippen LogP contribution in [0.3, 0.4) is 0 Å². The summed E-state index contributed by atoms with van der Waals surface area (Å²) < 4.78 is 15.3. The van der Waals surface area contributed by atoms with Crippen LogP contribution < -0.4 is 15.2 Å². The molecule has 0 aliphatic carbocycles. The number of methoxy groups -OCH3 is 1. The average molecular weight is 664 g/mol. The molecule has 2 aromatic heterocycles. The Morgan fingerprint density at radius 3 is 2.67 bits per heavy atom. The van der Waals surface area contributed by atoms with E-state index in [4.69, 9.17) is 21.1 Å². The number of aromatic nitrogens is 4. The normalized spacial score (nSPS) is 22.5. The highest BCUT2D eigenvalue weighted by atomic mass is 35.5. The first-order chi connectivity index (χ1) is 22.0. The molecule has 0 bridgehead atoms. The van der Waals surface area contributed by atoms with Crippen LogP contribution in [0.2, 0.25) is 23.7 Å². The Morgan fingerprint density at radius 1 is 1.13 bits per heavy atom. The maximum atomic E-state index is 14.7. The number of aryl methyl sites for hydroxylation is 1. The minimum absolute atomic E-state index is 0.0127. The van der Waals surface area contributed by atoms with Gasteiger partial charge in [-0.05, 0) is 67.5 Å². The molecule has 4 aromatic rings. The van der Waals surface area contributed by atoms with E-state index in [-0.39, 0.29) is 41.8 Å². The Bertz CT molecular complexity index is 1820. The SMILES string of the molecule is COc1cccn(-c2cccc(CN3C(=O)[C@@]4(O[C@@H](CCn5cc(CCO)nn5)[C@H]([Si](C)(C)O)[C@H]4C)c4cc(Cl)ccc43)c2)c1=O. The van der Waals surface area contributed by atoms with E-state index in [9.17, 15) is 19.5 Å². The van der Waals surface area contributed by atoms with Crippen LogP contribution in [0.1, 0.15) is 30.2 Å². The van der Waals surface area contributed by atoms with Gasteiger partial charge < -0.3 is 24.3 Å². The van der Waals surface area contributed by atoms with E-state index >= 15 is 0 Å². The number of aliphatic hydroxyl groups excluding tert-OH is 1. The van der Waals surface area contributed by atoms with Gasteiger partial charge in [-0.1, -0.05) is 35.9 Å². The number of pyridine rings is 1. The molecule has 6 rings (SSSR count). The summed E-state index contributed by atoms with van der Waals surface area (Å²) in [5, 5.41) is 18.0. The first-order valence-corrected chi connectivity index (χ1v) is 18.7. The highest BCUT2D eigenvalue weighted by molar-refractivity contribution is 6.71. The Kier molecular flexibility index (Phi) is 8.68. The van der Waals surface area contributed by atoms with Gasteiger partial charge in [-0.2, -0.15) is 0 Å². The zero-order valence-corrected chi connectivity index (χ0v) is 28.0. The smallest absolute Gasteiger partial charge is 0.297 e. The number of hydrogen-bond acceptors (Lipinski definition) is 8. The van der Waals surface area contributed by atoms with Crippen LogP contribution in [0, 0.1) is 5.92 Å². The third-order valence-corrected chi connectivity index (χ3v) is 11.9. The fourth-order valence-corrected chi connectivity index (χ4v) is 10.0. The summed E-state index contributed by atoms with van der Waals surface area (Å²) in [5.74, 6) is -0.323. The predicted octanol–water partition coefficient (Wildman–Crippen LogP) is 4.06. The molecule has 11 nitrogen and oxygen atoms in total. The molecule has 1 amide bonds. The minimum atomic E-state index is -2.86. The van der Waals surface area contributed by atoms with E-state index in [1.807, 2.05) is 56.4 Å². The standard InChI is InChI=1S/C33H38ClN5O6Si/c1-21-30(46(3,4)43)28(12-15-37-20-24(13-16-40)35-36-37)45-33(21)26-18-23(34)10-11-27(26)39(32(33)42)19-22-7-5-8-25(17-22)38-14-6-9-29(44-2)31(38)41/h5-11,14,17-18,20-21,28,30,40,43H,12-13,15-16,19H2,1-4H3/t21-,28+,30-,33+/m1/s1. The zero-order valence-electron chi connectivity index (χ0n) is 26.3. The van der Waals surface area contributed by atoms with Gasteiger partial charge >= 0.3 is 0 Å². The number of nitrogens with zero attached hydrogens (tertiary/aromatic N) is 5. The number of carbonyl (C=O) groups is 1. The van der Waals surface area contributed by atoms with Crippen LogP contribution in [-0.4, -0.2) is 63.5 Å². The number of halogens is 1. The highest BCUT2D eigenvalue weighted by Gasteiger charge is 2.66. The summed E-state index contributed by atoms with van der Waals surface area (Å²) in [7, 11) is -1.40. The van der Waals surface area contributed by atoms with Gasteiger partial charge in [0.25, 0.3) is 11.5 Å². The van der Waals surface area contributed by atoms with E-state index in [1.54, 1.807) is 40.2 Å². The van der Waals surface area contributed by atoms with Crippen LogP contribution in [0.25, 0.3) is 5.69 Å². The van der Waals surface area contributed by atoms with Crippen molar-refractivity contribution in [2.24, 2.45) is 5.92 Å². The molecular weight excluding hydrogens is 626 g/mol. The minimum Gasteiger partial charge on any atom is -0.491 e. The van der Waals surface area contributed by atoms with Crippen LogP contribution in [-0.2, 0) is 34.6 Å². The lowest BCUT2D eigenvalue weighted by molar-refractivity contribution is -0.146. The largest absolute Gasteiger partial charge is 0.491 e. The molecule has 2 aromatic carbocycles. The first kappa shape index (κ1) is 32.1. The summed E-state index contributed by atoms with van der Waals surface area (Å²) in [4.78, 5) is 41.0. The number of fused-ring (bicyclic) bond motifs is 2. The molecule has 2 aliphatic heterocycles. The number of carbonyl (C=O) groups excluding carboxylic acids is 1. The molecule has 1 saturated heterocycles. The van der Waals surface area contributed by atoms with E-state index in [1.165, 1.54) is 11.7 Å². The fraction of sp³-hybridized carbons (Fsp3) is 0.394. The number of benzene rings is 2. The van der Waals surface area contributed by atoms with Crippen LogP contribution in [0.5, 0.6) is 5.75 Å². The molecule has 1 spiro atoms. The number of aliphatic hydroxyl groups is 1. The lowest BCUT2D eigenvalue weighted by Crippen LogP contribution is -2.46. The van der Waals surface area contributed by atoms with E-state index < -0.39 is 20.0 Å². The third kappa shape index (κ3) is 5.58. The first-order valence-electron chi connectivity index (χ1n) is 15.3. The molecule has 46 heavy (non-hydrogen) atoms. The van der Waals surface area contributed by atoms with E-state index in [0.29, 0.717) is 47.0 Å². The van der Waals surface area contributed by atoms with Crippen LogP contribution >= 0.6 is 11.6 Å². The second-order valence-electron chi connectivity index (χ2n) is 12.6. The molecule has 2 N–H and O–H groups in total. The maximum Gasteiger partial charge on any atom is 0.297 e. The summed E-state index contributed by atoms with van der Waals surface area (Å²) in [5.41, 5.74) is 1.67. The van der Waals surface area contributed by atoms with Crippen LogP contribution in [0.4, 0.5) is 5.69 Å². The number of hydrogen-bond donors (Lipinski definition) is 2. The predicted molar refractivity (Wildman–Crippen MR) is 176 cm³/mol. The monoisotopic (exact) mass is 663 g/mol. The van der Waals surface area contributed by atoms with E-state index in [0.717, 1.165) is 5.56 Å². The molecule has 1 fully saturated rings. The van der Waals surface area contributed by atoms with Crippen molar-refractivity contribution < 1.29 is 24.2 Å². The number of ether oxygens (including phenoxy) is 2. The summed E-state index contributed by atoms with van der Waals surface area (Å²) in [6.45, 7) is 6.47. The number of anilines is 1. The topological polar surface area (TPSA) is 132 Å². The lowest BCUT2D eigenvalue weighted by atomic mass is 9.82. The molecule has 4 heterocycles. The van der Waals surface area contributed by atoms with Crippen molar-refractivity contribution in [3.63, 3.8) is 0 Å². The molecule has 0 unspecified atom stereocenters. The Balaban J connectivity index is 1.34. The second kappa shape index (κ2) is 12.4. The van der Waals surface area contributed by atoms with Crippen molar-refractivity contribution in [1.29, 1.82) is 0 Å². The third-order valence-electron chi connectivity index (χ3n) is 9.20. The average Bonchev–Trinajstić information content (AvgIpc) is 3.66. The van der Waals surface area contributed by atoms with Gasteiger partial charge in [0.15, 0.2) is 19.7 Å². The van der Waals surface area contributed by atoms with Gasteiger partial charge in [-0.3, -0.25) is 18.8 Å². The van der Waals surface area contributed by atoms with Crippen molar-refractivity contribution >= 4 is 31.5 Å². The van der Waals surface area contributed by atoms with E-state index in [2.05, 4.69) is 10.3 Å². The summed E-state index contributed by atoms with van der Waals surface area (Å²) in [6, 6.07) is 16.3. The van der Waals surface area contributed by atoms with Gasteiger partial charge in [0.05, 0.1) is 31.1 Å². The number of amides is 1. The molecule has 13 heteroatoms. The summed E-state index contributed by atoms with van der Waals surface area (Å²) >= 11 is 6.54. The molecule has 0 radical (unpaired) electrons. The zero-order chi connectivity index (χ0) is 32.8. The van der Waals surface area contributed by atoms with Gasteiger partial charge in [-0.25, -0.2) is 0 Å². The van der Waals surface area contributed by atoms with Gasteiger partial charge in [-0.15, -0.1) is 5.10 Å². The van der Waals surface area contributed by atoms with Crippen molar-refractivity contribution in [3.05, 3.63) is 99.2 Å². The van der Waals surface area contributed by atoms with Gasteiger partial charge in [0.2, 0.25) is 0 Å². The van der Waals surface area contributed by atoms with Crippen LogP contribution in [0.15, 0.2) is 71.8 Å². The Morgan fingerprint density at radius 2 is 1.93 bits per heavy atom. The lowest BCUT2D eigenvalue weighted by Gasteiger charge is -2.32. The van der Waals surface area contributed by atoms with Crippen molar-refractivity contribution in [3.8, 4) is 11.4 Å². The van der Waals surface area contributed by atoms with Crippen molar-refractivity contribution in [2.75, 3.05) is 18.6 Å². The second-order valence-corrected chi connectivity index (χ2v) is 17.0. The quantitative estimate of drug-likeness (QED) is 0.243. The highest BCUT2D eigenvalue weighted by Crippen LogP contribution is 2.60. The maximum absolute atomic E-state index is 14.7. The van der Waals surface area contributed by atoms with Gasteiger partial charge in [0.1, 0.15) is 0 Å².